The van der Waals surface area contributed by atoms with E-state index >= 15 is 0 Å². The van der Waals surface area contributed by atoms with Crippen LogP contribution >= 0.6 is 15.9 Å². The Labute approximate surface area is 124 Å². The summed E-state index contributed by atoms with van der Waals surface area (Å²) in [7, 11) is 0. The summed E-state index contributed by atoms with van der Waals surface area (Å²) in [6.45, 7) is 5.05. The lowest BCUT2D eigenvalue weighted by atomic mass is 9.83. The van der Waals surface area contributed by atoms with Gasteiger partial charge in [-0.25, -0.2) is 0 Å². The largest absolute Gasteiger partial charge is 0.351 e. The molecule has 0 heterocycles. The number of nitrogens with one attached hydrogen (secondary N) is 1. The molecule has 2 rings (SSSR count). The minimum absolute atomic E-state index is 0.0373. The maximum Gasteiger partial charge on any atom is 0.252 e. The van der Waals surface area contributed by atoms with Crippen molar-refractivity contribution in [3.8, 4) is 0 Å². The lowest BCUT2D eigenvalue weighted by Crippen LogP contribution is -2.35. The Hall–Kier alpha value is -0.830. The normalized spacial score (nSPS) is 17.4. The van der Waals surface area contributed by atoms with E-state index in [1.54, 1.807) is 0 Å². The first kappa shape index (κ1) is 14.6. The van der Waals surface area contributed by atoms with Crippen LogP contribution in [-0.4, -0.2) is 12.5 Å². The highest BCUT2D eigenvalue weighted by Gasteiger charge is 2.32. The van der Waals surface area contributed by atoms with E-state index in [4.69, 9.17) is 0 Å². The van der Waals surface area contributed by atoms with Gasteiger partial charge in [-0.1, -0.05) is 31.9 Å². The molecule has 1 aromatic rings. The van der Waals surface area contributed by atoms with Crippen LogP contribution in [0.1, 0.15) is 54.9 Å². The van der Waals surface area contributed by atoms with E-state index in [2.05, 4.69) is 28.2 Å². The first-order chi connectivity index (χ1) is 9.08. The van der Waals surface area contributed by atoms with Crippen molar-refractivity contribution in [2.45, 2.75) is 46.0 Å². The van der Waals surface area contributed by atoms with Crippen LogP contribution in [-0.2, 0) is 0 Å². The highest BCUT2D eigenvalue weighted by atomic mass is 79.9. The van der Waals surface area contributed by atoms with Crippen molar-refractivity contribution in [3.05, 3.63) is 33.8 Å². The standard InChI is InChI=1S/C16H22BrNO/c1-3-16(9-4-5-10-16)11-18-15(19)13-8-6-7-12(2)14(13)17/h6-8H,3-5,9-11H2,1-2H3,(H,18,19). The van der Waals surface area contributed by atoms with Gasteiger partial charge in [-0.3, -0.25) is 4.79 Å². The van der Waals surface area contributed by atoms with Crippen LogP contribution in [0.25, 0.3) is 0 Å². The fourth-order valence-electron chi connectivity index (χ4n) is 2.97. The van der Waals surface area contributed by atoms with Crippen molar-refractivity contribution in [1.29, 1.82) is 0 Å². The molecule has 1 saturated carbocycles. The summed E-state index contributed by atoms with van der Waals surface area (Å²) in [6.07, 6.45) is 6.26. The summed E-state index contributed by atoms with van der Waals surface area (Å²) in [5, 5.41) is 3.13. The summed E-state index contributed by atoms with van der Waals surface area (Å²) < 4.78 is 0.907. The maximum atomic E-state index is 12.3. The molecule has 0 aliphatic heterocycles. The third kappa shape index (κ3) is 3.19. The van der Waals surface area contributed by atoms with Gasteiger partial charge in [0.05, 0.1) is 5.56 Å². The van der Waals surface area contributed by atoms with Gasteiger partial charge in [-0.05, 0) is 59.2 Å². The van der Waals surface area contributed by atoms with Crippen molar-refractivity contribution in [1.82, 2.24) is 5.32 Å². The van der Waals surface area contributed by atoms with Crippen molar-refractivity contribution in [3.63, 3.8) is 0 Å². The lowest BCUT2D eigenvalue weighted by Gasteiger charge is -2.27. The monoisotopic (exact) mass is 323 g/mol. The fourth-order valence-corrected chi connectivity index (χ4v) is 3.41. The second-order valence-corrected chi connectivity index (χ2v) is 6.47. The van der Waals surface area contributed by atoms with Gasteiger partial charge in [0.2, 0.25) is 0 Å². The Morgan fingerprint density at radius 3 is 2.68 bits per heavy atom. The minimum Gasteiger partial charge on any atom is -0.351 e. The van der Waals surface area contributed by atoms with Gasteiger partial charge in [0.1, 0.15) is 0 Å². The number of carbonyl (C=O) groups is 1. The molecular formula is C16H22BrNO. The van der Waals surface area contributed by atoms with Crippen molar-refractivity contribution in [2.24, 2.45) is 5.41 Å². The van der Waals surface area contributed by atoms with E-state index in [-0.39, 0.29) is 5.91 Å². The Morgan fingerprint density at radius 2 is 2.05 bits per heavy atom. The number of hydrogen-bond acceptors (Lipinski definition) is 1. The predicted octanol–water partition coefficient (Wildman–Crippen LogP) is 4.46. The number of carbonyl (C=O) groups excluding carboxylic acids is 1. The van der Waals surface area contributed by atoms with E-state index in [0.717, 1.165) is 28.6 Å². The smallest absolute Gasteiger partial charge is 0.252 e. The molecule has 0 aromatic heterocycles. The number of amides is 1. The highest BCUT2D eigenvalue weighted by Crippen LogP contribution is 2.40. The van der Waals surface area contributed by atoms with Crippen molar-refractivity contribution >= 4 is 21.8 Å². The summed E-state index contributed by atoms with van der Waals surface area (Å²) in [6, 6.07) is 5.81. The molecule has 3 heteroatoms. The van der Waals surface area contributed by atoms with Gasteiger partial charge >= 0.3 is 0 Å². The fraction of sp³-hybridized carbons (Fsp3) is 0.562. The lowest BCUT2D eigenvalue weighted by molar-refractivity contribution is 0.0928. The zero-order chi connectivity index (χ0) is 13.9. The molecule has 1 aliphatic rings. The van der Waals surface area contributed by atoms with Crippen LogP contribution in [0.2, 0.25) is 0 Å². The zero-order valence-corrected chi connectivity index (χ0v) is 13.3. The van der Waals surface area contributed by atoms with Gasteiger partial charge in [-0.2, -0.15) is 0 Å². The van der Waals surface area contributed by atoms with E-state index < -0.39 is 0 Å². The maximum absolute atomic E-state index is 12.3. The van der Waals surface area contributed by atoms with E-state index in [1.807, 2.05) is 25.1 Å². The molecule has 0 bridgehead atoms. The molecule has 0 spiro atoms. The van der Waals surface area contributed by atoms with Crippen molar-refractivity contribution < 1.29 is 4.79 Å². The van der Waals surface area contributed by atoms with Crippen molar-refractivity contribution in [2.75, 3.05) is 6.54 Å². The molecular weight excluding hydrogens is 302 g/mol. The van der Waals surface area contributed by atoms with Gasteiger partial charge in [0.15, 0.2) is 0 Å². The Morgan fingerprint density at radius 1 is 1.37 bits per heavy atom. The van der Waals surface area contributed by atoms with Crippen LogP contribution in [0.4, 0.5) is 0 Å². The molecule has 0 unspecified atom stereocenters. The molecule has 1 amide bonds. The number of rotatable bonds is 4. The van der Waals surface area contributed by atoms with E-state index in [0.29, 0.717) is 5.41 Å². The molecule has 0 saturated heterocycles. The second kappa shape index (κ2) is 6.08. The van der Waals surface area contributed by atoms with Crippen LogP contribution in [0.15, 0.2) is 22.7 Å². The number of aryl methyl sites for hydroxylation is 1. The molecule has 1 N–H and O–H groups in total. The highest BCUT2D eigenvalue weighted by molar-refractivity contribution is 9.10. The summed E-state index contributed by atoms with van der Waals surface area (Å²) in [4.78, 5) is 12.3. The quantitative estimate of drug-likeness (QED) is 0.870. The number of halogens is 1. The molecule has 1 aromatic carbocycles. The zero-order valence-electron chi connectivity index (χ0n) is 11.8. The van der Waals surface area contributed by atoms with Crippen LogP contribution < -0.4 is 5.32 Å². The molecule has 19 heavy (non-hydrogen) atoms. The average Bonchev–Trinajstić information content (AvgIpc) is 2.89. The molecule has 1 fully saturated rings. The molecule has 2 nitrogen and oxygen atoms in total. The molecule has 104 valence electrons. The Balaban J connectivity index is 2.03. The first-order valence-electron chi connectivity index (χ1n) is 7.11. The second-order valence-electron chi connectivity index (χ2n) is 5.68. The Kier molecular flexibility index (Phi) is 4.67. The van der Waals surface area contributed by atoms with E-state index in [1.165, 1.54) is 25.7 Å². The minimum atomic E-state index is 0.0373. The number of benzene rings is 1. The third-order valence-corrected chi connectivity index (χ3v) is 5.53. The van der Waals surface area contributed by atoms with Gasteiger partial charge in [0.25, 0.3) is 5.91 Å². The predicted molar refractivity (Wildman–Crippen MR) is 82.4 cm³/mol. The van der Waals surface area contributed by atoms with Crippen LogP contribution in [0, 0.1) is 12.3 Å². The van der Waals surface area contributed by atoms with Gasteiger partial charge in [0, 0.05) is 11.0 Å². The van der Waals surface area contributed by atoms with Gasteiger partial charge < -0.3 is 5.32 Å². The average molecular weight is 324 g/mol. The SMILES string of the molecule is CCC1(CNC(=O)c2cccc(C)c2Br)CCCC1. The van der Waals surface area contributed by atoms with Gasteiger partial charge in [-0.15, -0.1) is 0 Å². The van der Waals surface area contributed by atoms with Crippen LogP contribution in [0.3, 0.4) is 0 Å². The number of hydrogen-bond donors (Lipinski definition) is 1. The topological polar surface area (TPSA) is 29.1 Å². The van der Waals surface area contributed by atoms with Crippen LogP contribution in [0.5, 0.6) is 0 Å². The molecule has 0 radical (unpaired) electrons. The first-order valence-corrected chi connectivity index (χ1v) is 7.90. The summed E-state index contributed by atoms with van der Waals surface area (Å²) in [5.41, 5.74) is 2.18. The molecule has 1 aliphatic carbocycles. The third-order valence-electron chi connectivity index (χ3n) is 4.47. The Bertz CT molecular complexity index is 464. The summed E-state index contributed by atoms with van der Waals surface area (Å²) >= 11 is 3.50. The molecule has 0 atom stereocenters. The van der Waals surface area contributed by atoms with E-state index in [9.17, 15) is 4.79 Å². The summed E-state index contributed by atoms with van der Waals surface area (Å²) in [5.74, 6) is 0.0373.